The van der Waals surface area contributed by atoms with Crippen LogP contribution in [0.3, 0.4) is 0 Å². The van der Waals surface area contributed by atoms with E-state index in [0.717, 1.165) is 0 Å². The third-order valence-electron chi connectivity index (χ3n) is 3.31. The van der Waals surface area contributed by atoms with Gasteiger partial charge >= 0.3 is 0 Å². The molecule has 5 nitrogen and oxygen atoms in total. The molecule has 6 heteroatoms. The van der Waals surface area contributed by atoms with Crippen molar-refractivity contribution in [1.29, 1.82) is 0 Å². The Hall–Kier alpha value is -0.620. The zero-order valence-corrected chi connectivity index (χ0v) is 11.1. The van der Waals surface area contributed by atoms with Crippen LogP contribution in [0.4, 0.5) is 0 Å². The second-order valence-electron chi connectivity index (χ2n) is 5.10. The Morgan fingerprint density at radius 3 is 2.29 bits per heavy atom. The lowest BCUT2D eigenvalue weighted by molar-refractivity contribution is -0.146. The zero-order chi connectivity index (χ0) is 12.6. The zero-order valence-electron chi connectivity index (χ0n) is 10.3. The van der Waals surface area contributed by atoms with Crippen molar-refractivity contribution >= 4 is 15.7 Å². The van der Waals surface area contributed by atoms with Crippen molar-refractivity contribution in [3.05, 3.63) is 0 Å². The molecular formula is C11H19NO4S. The molecule has 0 unspecified atom stereocenters. The number of carbonyl (C=O) groups is 1. The Kier molecular flexibility index (Phi) is 3.45. The van der Waals surface area contributed by atoms with Crippen LogP contribution in [0.25, 0.3) is 0 Å². The molecule has 1 amide bonds. The van der Waals surface area contributed by atoms with Gasteiger partial charge in [0, 0.05) is 13.1 Å². The first-order chi connectivity index (χ1) is 7.87. The van der Waals surface area contributed by atoms with Gasteiger partial charge in [0.1, 0.15) is 0 Å². The van der Waals surface area contributed by atoms with Gasteiger partial charge in [-0.3, -0.25) is 4.79 Å². The molecule has 98 valence electrons. The Bertz CT molecular complexity index is 396. The molecule has 2 saturated heterocycles. The van der Waals surface area contributed by atoms with E-state index in [9.17, 15) is 13.2 Å². The number of carbonyl (C=O) groups excluding carboxylic acids is 1. The summed E-state index contributed by atoms with van der Waals surface area (Å²) in [6, 6.07) is 0. The third-order valence-corrected chi connectivity index (χ3v) is 5.08. The molecule has 0 N–H and O–H groups in total. The lowest BCUT2D eigenvalue weighted by Gasteiger charge is -2.36. The normalized spacial score (nSPS) is 37.1. The maximum Gasteiger partial charge on any atom is 0.226 e. The number of nitrogens with zero attached hydrogens (tertiary/aromatic N) is 1. The number of ether oxygens (including phenoxy) is 1. The molecule has 0 aromatic rings. The van der Waals surface area contributed by atoms with Gasteiger partial charge in [-0.2, -0.15) is 0 Å². The van der Waals surface area contributed by atoms with Crippen molar-refractivity contribution < 1.29 is 17.9 Å². The molecule has 17 heavy (non-hydrogen) atoms. The number of hydrogen-bond acceptors (Lipinski definition) is 4. The third kappa shape index (κ3) is 2.98. The van der Waals surface area contributed by atoms with Crippen LogP contribution in [0.15, 0.2) is 0 Å². The Balaban J connectivity index is 2.00. The molecule has 2 fully saturated rings. The van der Waals surface area contributed by atoms with Gasteiger partial charge in [0.25, 0.3) is 0 Å². The van der Waals surface area contributed by atoms with Crippen molar-refractivity contribution in [3.8, 4) is 0 Å². The lowest BCUT2D eigenvalue weighted by Crippen LogP contribution is -2.50. The number of amides is 1. The fourth-order valence-corrected chi connectivity index (χ4v) is 4.34. The molecule has 2 aliphatic rings. The van der Waals surface area contributed by atoms with Crippen molar-refractivity contribution in [3.63, 3.8) is 0 Å². The fraction of sp³-hybridized carbons (Fsp3) is 0.909. The largest absolute Gasteiger partial charge is 0.372 e. The number of hydrogen-bond donors (Lipinski definition) is 0. The van der Waals surface area contributed by atoms with Crippen LogP contribution < -0.4 is 0 Å². The second-order valence-corrected chi connectivity index (χ2v) is 7.33. The summed E-state index contributed by atoms with van der Waals surface area (Å²) in [4.78, 5) is 13.9. The molecule has 2 rings (SSSR count). The van der Waals surface area contributed by atoms with E-state index in [1.54, 1.807) is 4.90 Å². The molecule has 0 aromatic heterocycles. The Morgan fingerprint density at radius 1 is 1.24 bits per heavy atom. The molecule has 0 spiro atoms. The molecule has 0 aromatic carbocycles. The lowest BCUT2D eigenvalue weighted by atomic mass is 10.1. The highest BCUT2D eigenvalue weighted by molar-refractivity contribution is 7.91. The van der Waals surface area contributed by atoms with Gasteiger partial charge in [-0.1, -0.05) is 0 Å². The predicted octanol–water partition coefficient (Wildman–Crippen LogP) is 0.0569. The average Bonchev–Trinajstić information content (AvgIpc) is 2.56. The van der Waals surface area contributed by atoms with Gasteiger partial charge in [-0.15, -0.1) is 0 Å². The van der Waals surface area contributed by atoms with E-state index in [2.05, 4.69) is 0 Å². The highest BCUT2D eigenvalue weighted by Gasteiger charge is 2.37. The molecule has 0 aliphatic carbocycles. The number of sulfone groups is 1. The molecular weight excluding hydrogens is 242 g/mol. The predicted molar refractivity (Wildman–Crippen MR) is 63.3 cm³/mol. The summed E-state index contributed by atoms with van der Waals surface area (Å²) in [6.45, 7) is 5.00. The van der Waals surface area contributed by atoms with Gasteiger partial charge in [-0.25, -0.2) is 8.42 Å². The fourth-order valence-electron chi connectivity index (χ4n) is 2.61. The van der Waals surface area contributed by atoms with E-state index in [0.29, 0.717) is 19.5 Å². The number of rotatable bonds is 1. The molecule has 2 heterocycles. The first kappa shape index (κ1) is 12.8. The standard InChI is InChI=1S/C11H19NO4S/c1-8-5-12(6-9(2)16-8)11(13)10-3-4-17(14,15)7-10/h8-10H,3-7H2,1-2H3/t8-,9-,10-/m1/s1. The van der Waals surface area contributed by atoms with Crippen LogP contribution in [0.2, 0.25) is 0 Å². The monoisotopic (exact) mass is 261 g/mol. The van der Waals surface area contributed by atoms with E-state index < -0.39 is 9.84 Å². The maximum absolute atomic E-state index is 12.2. The SMILES string of the molecule is C[C@@H]1CN(C(=O)[C@@H]2CCS(=O)(=O)C2)C[C@@H](C)O1. The minimum absolute atomic E-state index is 0.0198. The number of morpholine rings is 1. The minimum Gasteiger partial charge on any atom is -0.372 e. The van der Waals surface area contributed by atoms with Crippen LogP contribution in [-0.2, 0) is 19.4 Å². The van der Waals surface area contributed by atoms with Crippen molar-refractivity contribution in [2.75, 3.05) is 24.6 Å². The van der Waals surface area contributed by atoms with Crippen molar-refractivity contribution in [2.24, 2.45) is 5.92 Å². The van der Waals surface area contributed by atoms with E-state index in [4.69, 9.17) is 4.74 Å². The van der Waals surface area contributed by atoms with Crippen molar-refractivity contribution in [1.82, 2.24) is 4.90 Å². The summed E-state index contributed by atoms with van der Waals surface area (Å²) in [5.41, 5.74) is 0. The van der Waals surface area contributed by atoms with Crippen LogP contribution in [0.5, 0.6) is 0 Å². The van der Waals surface area contributed by atoms with E-state index in [1.807, 2.05) is 13.8 Å². The van der Waals surface area contributed by atoms with Gasteiger partial charge in [0.2, 0.25) is 5.91 Å². The summed E-state index contributed by atoms with van der Waals surface area (Å²) in [6.07, 6.45) is 0.530. The molecule has 3 atom stereocenters. The quantitative estimate of drug-likeness (QED) is 0.669. The molecule has 2 aliphatic heterocycles. The van der Waals surface area contributed by atoms with Crippen LogP contribution >= 0.6 is 0 Å². The van der Waals surface area contributed by atoms with E-state index >= 15 is 0 Å². The average molecular weight is 261 g/mol. The Labute approximate surface area is 102 Å². The smallest absolute Gasteiger partial charge is 0.226 e. The Morgan fingerprint density at radius 2 is 1.82 bits per heavy atom. The summed E-state index contributed by atoms with van der Waals surface area (Å²) in [5, 5.41) is 0. The topological polar surface area (TPSA) is 63.7 Å². The van der Waals surface area contributed by atoms with Crippen LogP contribution in [0.1, 0.15) is 20.3 Å². The molecule has 0 bridgehead atoms. The summed E-state index contributed by atoms with van der Waals surface area (Å²) in [7, 11) is -2.98. The molecule has 0 saturated carbocycles. The van der Waals surface area contributed by atoms with Gasteiger partial charge in [0.15, 0.2) is 9.84 Å². The summed E-state index contributed by atoms with van der Waals surface area (Å²) >= 11 is 0. The van der Waals surface area contributed by atoms with Crippen LogP contribution in [-0.4, -0.2) is 56.0 Å². The highest BCUT2D eigenvalue weighted by Crippen LogP contribution is 2.22. The van der Waals surface area contributed by atoms with E-state index in [1.165, 1.54) is 0 Å². The van der Waals surface area contributed by atoms with Crippen molar-refractivity contribution in [2.45, 2.75) is 32.5 Å². The summed E-state index contributed by atoms with van der Waals surface area (Å²) in [5.74, 6) is -0.185. The van der Waals surface area contributed by atoms with Gasteiger partial charge < -0.3 is 9.64 Å². The molecule has 0 radical (unpaired) electrons. The van der Waals surface area contributed by atoms with Gasteiger partial charge in [-0.05, 0) is 20.3 Å². The van der Waals surface area contributed by atoms with Crippen LogP contribution in [0, 0.1) is 5.92 Å². The van der Waals surface area contributed by atoms with E-state index in [-0.39, 0.29) is 35.5 Å². The maximum atomic E-state index is 12.2. The highest BCUT2D eigenvalue weighted by atomic mass is 32.2. The first-order valence-electron chi connectivity index (χ1n) is 6.02. The van der Waals surface area contributed by atoms with Gasteiger partial charge in [0.05, 0.1) is 29.6 Å². The minimum atomic E-state index is -2.98. The first-order valence-corrected chi connectivity index (χ1v) is 7.84. The summed E-state index contributed by atoms with van der Waals surface area (Å²) < 4.78 is 28.3. The second kappa shape index (κ2) is 4.57.